The molecule has 1 aromatic rings. The maximum Gasteiger partial charge on any atom is 1.00 e. The second-order valence-electron chi connectivity index (χ2n) is 5.89. The second kappa shape index (κ2) is 16.2. The van der Waals surface area contributed by atoms with Gasteiger partial charge >= 0.3 is 25.2 Å². The summed E-state index contributed by atoms with van der Waals surface area (Å²) in [6.45, 7) is 8.53. The third kappa shape index (κ3) is 8.83. The first kappa shape index (κ1) is 28.4. The number of rotatable bonds is 9. The Labute approximate surface area is 187 Å². The van der Waals surface area contributed by atoms with Crippen molar-refractivity contribution < 1.29 is 58.5 Å². The number of hydrogen-bond acceptors (Lipinski definition) is 5. The quantitative estimate of drug-likeness (QED) is 0.246. The molecule has 1 fully saturated rings. The predicted octanol–water partition coefficient (Wildman–Crippen LogP) is -1.63. The third-order valence-corrected chi connectivity index (χ3v) is 4.01. The minimum atomic E-state index is 0. The van der Waals surface area contributed by atoms with Gasteiger partial charge in [-0.25, -0.2) is 0 Å². The van der Waals surface area contributed by atoms with Crippen LogP contribution in [0.2, 0.25) is 0 Å². The molecule has 0 unspecified atom stereocenters. The number of halogens is 2. The summed E-state index contributed by atoms with van der Waals surface area (Å²) in [5, 5.41) is 9.33. The molecule has 149 valence electrons. The van der Waals surface area contributed by atoms with Gasteiger partial charge in [-0.05, 0) is 12.8 Å². The van der Waals surface area contributed by atoms with Gasteiger partial charge in [0.25, 0.3) is 0 Å². The molecule has 0 N–H and O–H groups in total. The van der Waals surface area contributed by atoms with E-state index in [1.165, 1.54) is 0 Å². The average Bonchev–Trinajstić information content (AvgIpc) is 2.63. The third-order valence-electron chi connectivity index (χ3n) is 4.01. The number of anilines is 1. The van der Waals surface area contributed by atoms with E-state index in [1.807, 2.05) is 6.07 Å². The van der Waals surface area contributed by atoms with Crippen LogP contribution < -0.4 is 39.2 Å². The van der Waals surface area contributed by atoms with E-state index in [-0.39, 0.29) is 44.3 Å². The fourth-order valence-electron chi connectivity index (χ4n) is 2.55. The summed E-state index contributed by atoms with van der Waals surface area (Å²) < 4.78 is 17.2. The second-order valence-corrected chi connectivity index (χ2v) is 5.89. The minimum absolute atomic E-state index is 0. The molecule has 1 aromatic carbocycles. The van der Waals surface area contributed by atoms with E-state index in [2.05, 4.69) is 23.7 Å². The van der Waals surface area contributed by atoms with Crippen molar-refractivity contribution in [1.29, 1.82) is 5.39 Å². The Balaban J connectivity index is 0. The van der Waals surface area contributed by atoms with Crippen LogP contribution in [0.4, 0.5) is 11.4 Å². The van der Waals surface area contributed by atoms with Crippen molar-refractivity contribution >= 4 is 11.4 Å². The molecule has 0 aliphatic carbocycles. The Kier molecular flexibility index (Phi) is 17.0. The monoisotopic (exact) mass is 468 g/mol. The topological polar surface area (TPSA) is 59.1 Å². The van der Waals surface area contributed by atoms with Gasteiger partial charge in [0.1, 0.15) is 0 Å². The molecule has 1 heterocycles. The van der Waals surface area contributed by atoms with Gasteiger partial charge < -0.3 is 43.9 Å². The van der Waals surface area contributed by atoms with E-state index in [1.54, 1.807) is 6.07 Å². The van der Waals surface area contributed by atoms with Gasteiger partial charge in [0.05, 0.1) is 38.2 Å². The van der Waals surface area contributed by atoms with Gasteiger partial charge in [0.2, 0.25) is 11.1 Å². The molecule has 0 atom stereocenters. The normalized spacial score (nSPS) is 12.7. The number of morpholine rings is 1. The van der Waals surface area contributed by atoms with Crippen LogP contribution in [0.15, 0.2) is 12.1 Å². The van der Waals surface area contributed by atoms with Crippen molar-refractivity contribution in [2.24, 2.45) is 0 Å². The first-order valence-electron chi connectivity index (χ1n) is 8.91. The summed E-state index contributed by atoms with van der Waals surface area (Å²) in [4.78, 5) is 5.61. The van der Waals surface area contributed by atoms with E-state index < -0.39 is 0 Å². The Morgan fingerprint density at radius 2 is 1.56 bits per heavy atom. The van der Waals surface area contributed by atoms with Gasteiger partial charge in [0.15, 0.2) is 10.7 Å². The van der Waals surface area contributed by atoms with E-state index in [4.69, 9.17) is 14.2 Å². The Hall–Kier alpha value is -0.797. The first-order valence-corrected chi connectivity index (χ1v) is 8.91. The predicted molar refractivity (Wildman–Crippen MR) is 95.0 cm³/mol. The number of nitrogens with zero attached hydrogens (tertiary/aromatic N) is 3. The molecule has 1 aliphatic heterocycles. The van der Waals surface area contributed by atoms with Crippen LogP contribution in [0.3, 0.4) is 0 Å². The largest absolute Gasteiger partial charge is 1.00 e. The SMILES string of the molecule is CCCCOc1cc(N2CCOCC2)c(OCCCC)cc1[N+]#N.[Cl-].[Cl-].[Zn+]. The molecule has 0 bridgehead atoms. The summed E-state index contributed by atoms with van der Waals surface area (Å²) in [7, 11) is 0. The summed E-state index contributed by atoms with van der Waals surface area (Å²) in [6, 6.07) is 3.69. The van der Waals surface area contributed by atoms with Gasteiger partial charge in [-0.15, -0.1) is 0 Å². The number of ether oxygens (including phenoxy) is 3. The zero-order chi connectivity index (χ0) is 17.2. The summed E-state index contributed by atoms with van der Waals surface area (Å²) >= 11 is 0. The van der Waals surface area contributed by atoms with Crippen LogP contribution in [0.1, 0.15) is 39.5 Å². The molecule has 0 saturated carbocycles. The van der Waals surface area contributed by atoms with Gasteiger partial charge in [-0.3, -0.25) is 0 Å². The summed E-state index contributed by atoms with van der Waals surface area (Å²) in [6.07, 6.45) is 4.08. The summed E-state index contributed by atoms with van der Waals surface area (Å²) in [5.41, 5.74) is 1.39. The van der Waals surface area contributed by atoms with Crippen molar-refractivity contribution in [1.82, 2.24) is 0 Å². The van der Waals surface area contributed by atoms with E-state index in [0.717, 1.165) is 50.2 Å². The van der Waals surface area contributed by atoms with Gasteiger partial charge in [0, 0.05) is 19.2 Å². The smallest absolute Gasteiger partial charge is 1.00 e. The average molecular weight is 471 g/mol. The van der Waals surface area contributed by atoms with Crippen molar-refractivity contribution in [2.45, 2.75) is 39.5 Å². The van der Waals surface area contributed by atoms with Crippen LogP contribution in [0.5, 0.6) is 11.5 Å². The van der Waals surface area contributed by atoms with E-state index >= 15 is 0 Å². The Bertz CT molecular complexity index is 568. The molecule has 6 nitrogen and oxygen atoms in total. The number of diazo groups is 1. The minimum Gasteiger partial charge on any atom is -1.00 e. The maximum atomic E-state index is 9.33. The zero-order valence-corrected chi connectivity index (χ0v) is 20.7. The van der Waals surface area contributed by atoms with Gasteiger partial charge in [-0.2, -0.15) is 0 Å². The van der Waals surface area contributed by atoms with Crippen molar-refractivity contribution in [3.05, 3.63) is 17.1 Å². The molecule has 1 aliphatic rings. The van der Waals surface area contributed by atoms with Crippen LogP contribution in [-0.4, -0.2) is 39.5 Å². The Morgan fingerprint density at radius 1 is 1.00 bits per heavy atom. The number of benzene rings is 1. The van der Waals surface area contributed by atoms with Crippen LogP contribution in [-0.2, 0) is 24.2 Å². The fourth-order valence-corrected chi connectivity index (χ4v) is 2.55. The van der Waals surface area contributed by atoms with Crippen LogP contribution in [0.25, 0.3) is 4.98 Å². The van der Waals surface area contributed by atoms with Crippen LogP contribution in [0, 0.1) is 5.39 Å². The van der Waals surface area contributed by atoms with E-state index in [9.17, 15) is 5.39 Å². The van der Waals surface area contributed by atoms with Crippen molar-refractivity contribution in [2.75, 3.05) is 44.4 Å². The molecule has 0 aromatic heterocycles. The fraction of sp³-hybridized carbons (Fsp3) is 0.667. The molecule has 0 spiro atoms. The Morgan fingerprint density at radius 3 is 2.07 bits per heavy atom. The zero-order valence-electron chi connectivity index (χ0n) is 16.3. The van der Waals surface area contributed by atoms with Crippen molar-refractivity contribution in [3.8, 4) is 11.5 Å². The molecular formula is C18H28Cl2N3O3Zn. The van der Waals surface area contributed by atoms with Crippen LogP contribution >= 0.6 is 0 Å². The molecular weight excluding hydrogens is 443 g/mol. The molecule has 1 radical (unpaired) electrons. The molecule has 1 saturated heterocycles. The number of unbranched alkanes of at least 4 members (excludes halogenated alkanes) is 2. The molecule has 2 rings (SSSR count). The van der Waals surface area contributed by atoms with Gasteiger partial charge in [-0.1, -0.05) is 26.7 Å². The molecule has 9 heteroatoms. The summed E-state index contributed by atoms with van der Waals surface area (Å²) in [5.74, 6) is 1.33. The maximum absolute atomic E-state index is 9.33. The van der Waals surface area contributed by atoms with Crippen molar-refractivity contribution in [3.63, 3.8) is 0 Å². The van der Waals surface area contributed by atoms with E-state index in [0.29, 0.717) is 37.9 Å². The number of hydrogen-bond donors (Lipinski definition) is 0. The first-order chi connectivity index (χ1) is 11.8. The molecule has 0 amide bonds. The standard InChI is InChI=1S/C18H28N3O3.2ClH.Zn/c1-3-5-9-23-17-14-16(21-7-11-22-12-8-21)18(13-15(17)20-19)24-10-6-4-2;;;/h13-14H,3-12H2,1-2H3;2*1H;/q+1;;;+1/p-2. The molecule has 27 heavy (non-hydrogen) atoms.